The predicted octanol–water partition coefficient (Wildman–Crippen LogP) is 11.0. The van der Waals surface area contributed by atoms with E-state index in [9.17, 15) is 0 Å². The summed E-state index contributed by atoms with van der Waals surface area (Å²) in [6.45, 7) is 17.9. The standard InChI is InChI=1S/C36H37NOS/c1-20(2)15-28-23(5)39-33-14-13-25(17-30(28)33)29-19-32(37-34-21(3)22(4)38-35(29)34)26-16-24-11-9-10-12-27(24)31(18-26)36(6,7)8/h9-14,16-20H,15H2,1-8H3. The molecule has 2 nitrogen and oxygen atoms in total. The molecule has 0 bridgehead atoms. The van der Waals surface area contributed by atoms with Crippen LogP contribution in [0.5, 0.6) is 0 Å². The number of nitrogens with zero attached hydrogens (tertiary/aromatic N) is 1. The summed E-state index contributed by atoms with van der Waals surface area (Å²) in [5.41, 5.74) is 10.2. The van der Waals surface area contributed by atoms with Crippen LogP contribution in [-0.2, 0) is 11.8 Å². The Hall–Kier alpha value is -3.43. The second-order valence-electron chi connectivity index (χ2n) is 12.5. The van der Waals surface area contributed by atoms with E-state index in [1.54, 1.807) is 0 Å². The molecule has 0 spiro atoms. The molecule has 3 aromatic heterocycles. The molecule has 0 aliphatic carbocycles. The van der Waals surface area contributed by atoms with Gasteiger partial charge in [-0.2, -0.15) is 0 Å². The minimum absolute atomic E-state index is 0.0132. The van der Waals surface area contributed by atoms with Crippen molar-refractivity contribution in [3.8, 4) is 22.4 Å². The lowest BCUT2D eigenvalue weighted by atomic mass is 9.82. The maximum Gasteiger partial charge on any atom is 0.160 e. The average molecular weight is 532 g/mol. The van der Waals surface area contributed by atoms with Gasteiger partial charge in [0.15, 0.2) is 5.58 Å². The number of aromatic nitrogens is 1. The van der Waals surface area contributed by atoms with Gasteiger partial charge in [-0.3, -0.25) is 0 Å². The summed E-state index contributed by atoms with van der Waals surface area (Å²) < 4.78 is 7.73. The number of furan rings is 1. The first kappa shape index (κ1) is 25.8. The van der Waals surface area contributed by atoms with Gasteiger partial charge >= 0.3 is 0 Å². The van der Waals surface area contributed by atoms with Crippen LogP contribution in [0.2, 0.25) is 0 Å². The molecule has 3 heteroatoms. The molecule has 0 N–H and O–H groups in total. The summed E-state index contributed by atoms with van der Waals surface area (Å²) in [6, 6.07) is 22.5. The molecule has 0 aliphatic rings. The van der Waals surface area contributed by atoms with Gasteiger partial charge in [0.1, 0.15) is 11.3 Å². The van der Waals surface area contributed by atoms with Crippen LogP contribution >= 0.6 is 11.3 Å². The number of hydrogen-bond acceptors (Lipinski definition) is 3. The topological polar surface area (TPSA) is 26.0 Å². The quantitative estimate of drug-likeness (QED) is 0.226. The summed E-state index contributed by atoms with van der Waals surface area (Å²) in [6.07, 6.45) is 1.10. The van der Waals surface area contributed by atoms with Crippen LogP contribution in [0.15, 0.2) is 65.1 Å². The van der Waals surface area contributed by atoms with E-state index in [1.165, 1.54) is 42.4 Å². The van der Waals surface area contributed by atoms with Crippen molar-refractivity contribution < 1.29 is 4.42 Å². The Balaban J connectivity index is 1.63. The van der Waals surface area contributed by atoms with Crippen LogP contribution in [0.4, 0.5) is 0 Å². The SMILES string of the molecule is Cc1oc2c(-c3ccc4sc(C)c(CC(C)C)c4c3)cc(-c3cc(C(C)(C)C)c4ccccc4c3)nc2c1C. The molecule has 0 amide bonds. The van der Waals surface area contributed by atoms with Gasteiger partial charge in [-0.25, -0.2) is 4.98 Å². The van der Waals surface area contributed by atoms with Crippen LogP contribution in [0.3, 0.4) is 0 Å². The molecule has 6 rings (SSSR count). The molecule has 0 saturated heterocycles. The van der Waals surface area contributed by atoms with Gasteiger partial charge in [-0.15, -0.1) is 11.3 Å². The minimum atomic E-state index is 0.0132. The molecule has 0 saturated carbocycles. The van der Waals surface area contributed by atoms with Gasteiger partial charge in [0, 0.05) is 26.3 Å². The Labute approximate surface area is 235 Å². The fraction of sp³-hybridized carbons (Fsp3) is 0.306. The number of fused-ring (bicyclic) bond motifs is 3. The molecule has 0 aliphatic heterocycles. The molecule has 0 atom stereocenters. The molecule has 0 fully saturated rings. The zero-order valence-corrected chi connectivity index (χ0v) is 25.1. The summed E-state index contributed by atoms with van der Waals surface area (Å²) in [4.78, 5) is 6.64. The Morgan fingerprint density at radius 2 is 1.64 bits per heavy atom. The van der Waals surface area contributed by atoms with E-state index in [1.807, 2.05) is 18.3 Å². The minimum Gasteiger partial charge on any atom is -0.459 e. The lowest BCUT2D eigenvalue weighted by Crippen LogP contribution is -2.12. The molecule has 3 heterocycles. The maximum absolute atomic E-state index is 6.38. The van der Waals surface area contributed by atoms with Crippen molar-refractivity contribution in [1.29, 1.82) is 0 Å². The van der Waals surface area contributed by atoms with E-state index < -0.39 is 0 Å². The molecule has 39 heavy (non-hydrogen) atoms. The van der Waals surface area contributed by atoms with E-state index in [-0.39, 0.29) is 5.41 Å². The molecule has 6 aromatic rings. The van der Waals surface area contributed by atoms with Gasteiger partial charge in [-0.05, 0) is 102 Å². The Bertz CT molecular complexity index is 1880. The highest BCUT2D eigenvalue weighted by Crippen LogP contribution is 2.41. The van der Waals surface area contributed by atoms with Crippen molar-refractivity contribution in [2.45, 2.75) is 67.2 Å². The number of pyridine rings is 1. The highest BCUT2D eigenvalue weighted by molar-refractivity contribution is 7.19. The highest BCUT2D eigenvalue weighted by atomic mass is 32.1. The fourth-order valence-corrected chi connectivity index (χ4v) is 6.90. The van der Waals surface area contributed by atoms with Crippen molar-refractivity contribution in [1.82, 2.24) is 4.98 Å². The first-order chi connectivity index (χ1) is 18.5. The number of aryl methyl sites for hydroxylation is 3. The van der Waals surface area contributed by atoms with Gasteiger partial charge in [0.05, 0.1) is 5.69 Å². The molecule has 198 valence electrons. The Kier molecular flexibility index (Phi) is 6.19. The Morgan fingerprint density at radius 3 is 2.38 bits per heavy atom. The van der Waals surface area contributed by atoms with Crippen molar-refractivity contribution in [3.05, 3.63) is 88.0 Å². The van der Waals surface area contributed by atoms with Crippen LogP contribution in [0, 0.1) is 26.7 Å². The van der Waals surface area contributed by atoms with Crippen molar-refractivity contribution in [2.24, 2.45) is 5.92 Å². The number of thiophene rings is 1. The molecular weight excluding hydrogens is 494 g/mol. The largest absolute Gasteiger partial charge is 0.459 e. The third-order valence-electron chi connectivity index (χ3n) is 7.99. The second-order valence-corrected chi connectivity index (χ2v) is 13.7. The zero-order chi connectivity index (χ0) is 27.6. The second kappa shape index (κ2) is 9.34. The fourth-order valence-electron chi connectivity index (χ4n) is 5.83. The molecular formula is C36H37NOS. The molecule has 3 aromatic carbocycles. The first-order valence-corrected chi connectivity index (χ1v) is 14.8. The van der Waals surface area contributed by atoms with E-state index in [0.717, 1.165) is 45.7 Å². The normalized spacial score (nSPS) is 12.4. The number of rotatable bonds is 4. The van der Waals surface area contributed by atoms with Crippen LogP contribution < -0.4 is 0 Å². The third kappa shape index (κ3) is 4.47. The predicted molar refractivity (Wildman–Crippen MR) is 169 cm³/mol. The van der Waals surface area contributed by atoms with Crippen molar-refractivity contribution in [2.75, 3.05) is 0 Å². The number of benzene rings is 3. The zero-order valence-electron chi connectivity index (χ0n) is 24.3. The van der Waals surface area contributed by atoms with Crippen LogP contribution in [0.1, 0.15) is 61.9 Å². The number of hydrogen-bond donors (Lipinski definition) is 0. The van der Waals surface area contributed by atoms with Crippen molar-refractivity contribution >= 4 is 43.3 Å². The van der Waals surface area contributed by atoms with E-state index >= 15 is 0 Å². The average Bonchev–Trinajstić information content (AvgIpc) is 3.36. The summed E-state index contributed by atoms with van der Waals surface area (Å²) in [5, 5.41) is 3.93. The van der Waals surface area contributed by atoms with E-state index in [2.05, 4.69) is 109 Å². The summed E-state index contributed by atoms with van der Waals surface area (Å²) >= 11 is 1.90. The smallest absolute Gasteiger partial charge is 0.160 e. The molecule has 0 radical (unpaired) electrons. The van der Waals surface area contributed by atoms with Crippen molar-refractivity contribution in [3.63, 3.8) is 0 Å². The first-order valence-electron chi connectivity index (χ1n) is 14.0. The van der Waals surface area contributed by atoms with E-state index in [0.29, 0.717) is 5.92 Å². The monoisotopic (exact) mass is 531 g/mol. The van der Waals surface area contributed by atoms with Crippen LogP contribution in [-0.4, -0.2) is 4.98 Å². The van der Waals surface area contributed by atoms with E-state index in [4.69, 9.17) is 9.40 Å². The molecule has 0 unspecified atom stereocenters. The highest BCUT2D eigenvalue weighted by Gasteiger charge is 2.22. The van der Waals surface area contributed by atoms with Gasteiger partial charge in [-0.1, -0.05) is 65.0 Å². The van der Waals surface area contributed by atoms with Crippen LogP contribution in [0.25, 0.3) is 54.3 Å². The lowest BCUT2D eigenvalue weighted by molar-refractivity contribution is 0.575. The lowest BCUT2D eigenvalue weighted by Gasteiger charge is -2.23. The summed E-state index contributed by atoms with van der Waals surface area (Å²) in [7, 11) is 0. The third-order valence-corrected chi connectivity index (χ3v) is 9.12. The maximum atomic E-state index is 6.38. The van der Waals surface area contributed by atoms with Gasteiger partial charge in [0.2, 0.25) is 0 Å². The van der Waals surface area contributed by atoms with Gasteiger partial charge in [0.25, 0.3) is 0 Å². The Morgan fingerprint density at radius 1 is 0.872 bits per heavy atom. The summed E-state index contributed by atoms with van der Waals surface area (Å²) in [5.74, 6) is 1.54. The van der Waals surface area contributed by atoms with Gasteiger partial charge < -0.3 is 4.42 Å².